The molecule has 0 atom stereocenters. The molecule has 0 saturated carbocycles. The van der Waals surface area contributed by atoms with Crippen molar-refractivity contribution in [3.63, 3.8) is 0 Å². The summed E-state index contributed by atoms with van der Waals surface area (Å²) in [7, 11) is 0. The van der Waals surface area contributed by atoms with Crippen molar-refractivity contribution in [1.82, 2.24) is 14.6 Å². The van der Waals surface area contributed by atoms with E-state index >= 15 is 0 Å². The maximum Gasteiger partial charge on any atom is 0.178 e. The summed E-state index contributed by atoms with van der Waals surface area (Å²) in [6, 6.07) is 8.61. The number of nitrogens with two attached hydrogens (primary N) is 1. The first-order chi connectivity index (χ1) is 8.25. The molecule has 0 aliphatic carbocycles. The summed E-state index contributed by atoms with van der Waals surface area (Å²) >= 11 is 0. The van der Waals surface area contributed by atoms with Gasteiger partial charge in [-0.05, 0) is 18.2 Å². The van der Waals surface area contributed by atoms with Gasteiger partial charge in [0.2, 0.25) is 0 Å². The Morgan fingerprint density at radius 3 is 2.88 bits per heavy atom. The van der Waals surface area contributed by atoms with Gasteiger partial charge in [-0.1, -0.05) is 12.1 Å². The summed E-state index contributed by atoms with van der Waals surface area (Å²) in [5.41, 5.74) is 8.52. The molecule has 0 bridgehead atoms. The van der Waals surface area contributed by atoms with E-state index in [1.807, 2.05) is 6.07 Å². The van der Waals surface area contributed by atoms with Gasteiger partial charge < -0.3 is 10.8 Å². The second-order valence-electron chi connectivity index (χ2n) is 3.70. The standard InChI is InChI=1S/C12H10N4O/c13-10-11(8-3-1-4-9(17)7-8)15-16-6-2-5-14-12(10)16/h1-7,17H,13H2. The highest BCUT2D eigenvalue weighted by Crippen LogP contribution is 2.28. The van der Waals surface area contributed by atoms with E-state index in [0.717, 1.165) is 5.56 Å². The van der Waals surface area contributed by atoms with Gasteiger partial charge in [0.15, 0.2) is 5.65 Å². The average molecular weight is 226 g/mol. The molecule has 0 spiro atoms. The Morgan fingerprint density at radius 1 is 1.24 bits per heavy atom. The molecule has 0 aliphatic heterocycles. The van der Waals surface area contributed by atoms with Gasteiger partial charge in [0, 0.05) is 18.0 Å². The van der Waals surface area contributed by atoms with Crippen molar-refractivity contribution in [2.24, 2.45) is 0 Å². The van der Waals surface area contributed by atoms with Crippen molar-refractivity contribution in [2.75, 3.05) is 5.73 Å². The molecular weight excluding hydrogens is 216 g/mol. The van der Waals surface area contributed by atoms with Gasteiger partial charge in [0.05, 0.1) is 0 Å². The largest absolute Gasteiger partial charge is 0.508 e. The van der Waals surface area contributed by atoms with E-state index in [2.05, 4.69) is 10.1 Å². The topological polar surface area (TPSA) is 76.4 Å². The fraction of sp³-hybridized carbons (Fsp3) is 0. The molecule has 3 N–H and O–H groups in total. The number of nitrogens with zero attached hydrogens (tertiary/aromatic N) is 3. The summed E-state index contributed by atoms with van der Waals surface area (Å²) in [6.45, 7) is 0. The van der Waals surface area contributed by atoms with E-state index in [1.165, 1.54) is 0 Å². The maximum atomic E-state index is 9.45. The van der Waals surface area contributed by atoms with Crippen LogP contribution in [0, 0.1) is 0 Å². The molecule has 5 heteroatoms. The Bertz CT molecular complexity index is 690. The minimum absolute atomic E-state index is 0.187. The molecule has 3 aromatic rings. The summed E-state index contributed by atoms with van der Waals surface area (Å²) in [4.78, 5) is 4.16. The molecule has 0 aliphatic rings. The van der Waals surface area contributed by atoms with Crippen molar-refractivity contribution < 1.29 is 5.11 Å². The molecule has 5 nitrogen and oxygen atoms in total. The van der Waals surface area contributed by atoms with Crippen molar-refractivity contribution in [3.8, 4) is 17.0 Å². The zero-order valence-corrected chi connectivity index (χ0v) is 8.91. The zero-order chi connectivity index (χ0) is 11.8. The van der Waals surface area contributed by atoms with Crippen molar-refractivity contribution in [3.05, 3.63) is 42.7 Å². The minimum atomic E-state index is 0.187. The van der Waals surface area contributed by atoms with Crippen LogP contribution in [-0.2, 0) is 0 Å². The molecule has 17 heavy (non-hydrogen) atoms. The SMILES string of the molecule is Nc1c(-c2cccc(O)c2)nn2cccnc12. The van der Waals surface area contributed by atoms with Gasteiger partial charge in [0.25, 0.3) is 0 Å². The minimum Gasteiger partial charge on any atom is -0.508 e. The molecule has 84 valence electrons. The summed E-state index contributed by atoms with van der Waals surface area (Å²) in [6.07, 6.45) is 3.45. The molecule has 0 unspecified atom stereocenters. The summed E-state index contributed by atoms with van der Waals surface area (Å²) in [5, 5.41) is 13.8. The third kappa shape index (κ3) is 1.48. The molecule has 2 heterocycles. The number of benzene rings is 1. The van der Waals surface area contributed by atoms with Gasteiger partial charge in [-0.15, -0.1) is 0 Å². The lowest BCUT2D eigenvalue weighted by Gasteiger charge is -1.98. The molecule has 0 fully saturated rings. The molecule has 0 amide bonds. The van der Waals surface area contributed by atoms with Crippen LogP contribution in [0.1, 0.15) is 0 Å². The Hall–Kier alpha value is -2.56. The number of phenolic OH excluding ortho intramolecular Hbond substituents is 1. The third-order valence-electron chi connectivity index (χ3n) is 2.55. The highest BCUT2D eigenvalue weighted by Gasteiger charge is 2.12. The number of nitrogen functional groups attached to an aromatic ring is 1. The zero-order valence-electron chi connectivity index (χ0n) is 8.91. The quantitative estimate of drug-likeness (QED) is 0.662. The Labute approximate surface area is 97.1 Å². The fourth-order valence-corrected chi connectivity index (χ4v) is 1.77. The highest BCUT2D eigenvalue weighted by molar-refractivity contribution is 5.83. The van der Waals surface area contributed by atoms with E-state index in [4.69, 9.17) is 5.73 Å². The van der Waals surface area contributed by atoms with E-state index in [9.17, 15) is 5.11 Å². The molecule has 3 rings (SSSR count). The van der Waals surface area contributed by atoms with Crippen LogP contribution < -0.4 is 5.73 Å². The lowest BCUT2D eigenvalue weighted by atomic mass is 10.1. The number of hydrogen-bond donors (Lipinski definition) is 2. The first-order valence-electron chi connectivity index (χ1n) is 5.14. The van der Waals surface area contributed by atoms with Crippen molar-refractivity contribution in [1.29, 1.82) is 0 Å². The van der Waals surface area contributed by atoms with E-state index < -0.39 is 0 Å². The Morgan fingerprint density at radius 2 is 2.12 bits per heavy atom. The van der Waals surface area contributed by atoms with Crippen LogP contribution in [0.2, 0.25) is 0 Å². The van der Waals surface area contributed by atoms with E-state index in [-0.39, 0.29) is 5.75 Å². The normalized spacial score (nSPS) is 10.8. The number of phenols is 1. The van der Waals surface area contributed by atoms with Gasteiger partial charge in [-0.25, -0.2) is 9.50 Å². The van der Waals surface area contributed by atoms with Crippen LogP contribution in [0.3, 0.4) is 0 Å². The Balaban J connectivity index is 2.27. The number of anilines is 1. The first kappa shape index (κ1) is 9.65. The van der Waals surface area contributed by atoms with Crippen LogP contribution in [-0.4, -0.2) is 19.7 Å². The molecule has 1 aromatic carbocycles. The summed E-state index contributed by atoms with van der Waals surface area (Å²) < 4.78 is 1.62. The number of hydrogen-bond acceptors (Lipinski definition) is 4. The number of rotatable bonds is 1. The number of fused-ring (bicyclic) bond motifs is 1. The highest BCUT2D eigenvalue weighted by atomic mass is 16.3. The van der Waals surface area contributed by atoms with Crippen LogP contribution in [0.15, 0.2) is 42.7 Å². The van der Waals surface area contributed by atoms with Gasteiger partial charge in [-0.3, -0.25) is 0 Å². The van der Waals surface area contributed by atoms with Crippen LogP contribution in [0.25, 0.3) is 16.9 Å². The predicted molar refractivity (Wildman–Crippen MR) is 64.5 cm³/mol. The maximum absolute atomic E-state index is 9.45. The van der Waals surface area contributed by atoms with Crippen LogP contribution >= 0.6 is 0 Å². The lowest BCUT2D eigenvalue weighted by molar-refractivity contribution is 0.475. The van der Waals surface area contributed by atoms with E-state index in [1.54, 1.807) is 41.2 Å². The predicted octanol–water partition coefficient (Wildman–Crippen LogP) is 1.68. The first-order valence-corrected chi connectivity index (χ1v) is 5.14. The summed E-state index contributed by atoms with van der Waals surface area (Å²) in [5.74, 6) is 0.187. The number of aromatic hydroxyl groups is 1. The lowest BCUT2D eigenvalue weighted by Crippen LogP contribution is -1.89. The molecule has 0 saturated heterocycles. The molecule has 2 aromatic heterocycles. The Kier molecular flexibility index (Phi) is 1.98. The van der Waals surface area contributed by atoms with Crippen molar-refractivity contribution in [2.45, 2.75) is 0 Å². The molecule has 0 radical (unpaired) electrons. The van der Waals surface area contributed by atoms with Gasteiger partial charge >= 0.3 is 0 Å². The van der Waals surface area contributed by atoms with Crippen LogP contribution in [0.5, 0.6) is 5.75 Å². The fourth-order valence-electron chi connectivity index (χ4n) is 1.77. The smallest absolute Gasteiger partial charge is 0.178 e. The number of aromatic nitrogens is 3. The van der Waals surface area contributed by atoms with Crippen molar-refractivity contribution >= 4 is 11.3 Å². The van der Waals surface area contributed by atoms with Gasteiger partial charge in [0.1, 0.15) is 17.1 Å². The average Bonchev–Trinajstić information content (AvgIpc) is 2.68. The third-order valence-corrected chi connectivity index (χ3v) is 2.55. The van der Waals surface area contributed by atoms with E-state index in [0.29, 0.717) is 17.0 Å². The second kappa shape index (κ2) is 3.48. The van der Waals surface area contributed by atoms with Gasteiger partial charge in [-0.2, -0.15) is 5.10 Å². The van der Waals surface area contributed by atoms with Crippen LogP contribution in [0.4, 0.5) is 5.69 Å². The monoisotopic (exact) mass is 226 g/mol. The molecular formula is C12H10N4O. The second-order valence-corrected chi connectivity index (χ2v) is 3.70.